The number of fused-ring (bicyclic) bond motifs is 6. The Morgan fingerprint density at radius 1 is 0.138 bits per heavy atom. The maximum absolute atomic E-state index is 2.42. The molecule has 0 saturated heterocycles. The molecule has 0 N–H and O–H groups in total. The highest BCUT2D eigenvalue weighted by atomic mass is 15.0. The molecule has 15 rings (SSSR count). The van der Waals surface area contributed by atoms with Gasteiger partial charge in [-0.1, -0.05) is 243 Å². The lowest BCUT2D eigenvalue weighted by atomic mass is 9.94. The first-order chi connectivity index (χ1) is 39.6. The summed E-state index contributed by atoms with van der Waals surface area (Å²) in [6, 6.07) is 115. The zero-order chi connectivity index (χ0) is 52.9. The summed E-state index contributed by atoms with van der Waals surface area (Å²) in [7, 11) is 0. The summed E-state index contributed by atoms with van der Waals surface area (Å²) in [5.41, 5.74) is 26.3. The van der Waals surface area contributed by atoms with Crippen LogP contribution in [0.25, 0.3) is 144 Å². The van der Waals surface area contributed by atoms with E-state index in [1.54, 1.807) is 0 Å². The number of nitrogens with zero attached hydrogens (tertiary/aromatic N) is 2. The maximum atomic E-state index is 2.42. The molecule has 2 aromatic heterocycles. The molecule has 0 aliphatic heterocycles. The van der Waals surface area contributed by atoms with Crippen molar-refractivity contribution >= 4 is 43.6 Å². The van der Waals surface area contributed by atoms with Gasteiger partial charge in [0, 0.05) is 32.9 Å². The van der Waals surface area contributed by atoms with Gasteiger partial charge in [-0.05, 0) is 162 Å². The Morgan fingerprint density at radius 2 is 0.375 bits per heavy atom. The first-order valence-corrected chi connectivity index (χ1v) is 27.5. The molecular weight excluding hydrogens is 965 g/mol. The average molecular weight is 1020 g/mol. The Labute approximate surface area is 466 Å². The minimum Gasteiger partial charge on any atom is -0.309 e. The largest absolute Gasteiger partial charge is 0.309 e. The summed E-state index contributed by atoms with van der Waals surface area (Å²) in [6.45, 7) is 0. The quantitative estimate of drug-likeness (QED) is 0.129. The Balaban J connectivity index is 0.689. The van der Waals surface area contributed by atoms with Gasteiger partial charge in [-0.3, -0.25) is 0 Å². The topological polar surface area (TPSA) is 9.86 Å². The van der Waals surface area contributed by atoms with Crippen LogP contribution >= 0.6 is 0 Å². The molecule has 0 aliphatic rings. The summed E-state index contributed by atoms with van der Waals surface area (Å²) in [6.07, 6.45) is 0. The molecule has 0 bridgehead atoms. The van der Waals surface area contributed by atoms with Gasteiger partial charge >= 0.3 is 0 Å². The lowest BCUT2D eigenvalue weighted by Crippen LogP contribution is -1.94. The van der Waals surface area contributed by atoms with E-state index in [0.717, 1.165) is 11.4 Å². The number of hydrogen-bond acceptors (Lipinski definition) is 0. The van der Waals surface area contributed by atoms with Crippen molar-refractivity contribution < 1.29 is 0 Å². The number of aromatic nitrogens is 2. The Kier molecular flexibility index (Phi) is 11.6. The average Bonchev–Trinajstić information content (AvgIpc) is 4.29. The van der Waals surface area contributed by atoms with Crippen LogP contribution in [0, 0.1) is 0 Å². The van der Waals surface area contributed by atoms with E-state index in [1.165, 1.54) is 133 Å². The molecule has 374 valence electrons. The molecule has 0 saturated carbocycles. The van der Waals surface area contributed by atoms with Crippen LogP contribution in [-0.2, 0) is 0 Å². The molecule has 0 amide bonds. The lowest BCUT2D eigenvalue weighted by molar-refractivity contribution is 1.18. The predicted octanol–water partition coefficient (Wildman–Crippen LogP) is 21.2. The van der Waals surface area contributed by atoms with Gasteiger partial charge in [-0.25, -0.2) is 0 Å². The third-order valence-electron chi connectivity index (χ3n) is 16.1. The Hall–Kier alpha value is -10.5. The van der Waals surface area contributed by atoms with Crippen LogP contribution in [0.15, 0.2) is 315 Å². The van der Waals surface area contributed by atoms with Crippen molar-refractivity contribution in [2.45, 2.75) is 0 Å². The van der Waals surface area contributed by atoms with Gasteiger partial charge < -0.3 is 9.13 Å². The summed E-state index contributed by atoms with van der Waals surface area (Å²) >= 11 is 0. The molecule has 2 heterocycles. The summed E-state index contributed by atoms with van der Waals surface area (Å²) in [5.74, 6) is 0. The van der Waals surface area contributed by atoms with Crippen LogP contribution in [0.4, 0.5) is 0 Å². The van der Waals surface area contributed by atoms with Gasteiger partial charge in [-0.2, -0.15) is 0 Å². The van der Waals surface area contributed by atoms with Crippen molar-refractivity contribution in [3.05, 3.63) is 315 Å². The van der Waals surface area contributed by atoms with Crippen LogP contribution in [0.5, 0.6) is 0 Å². The van der Waals surface area contributed by atoms with Crippen molar-refractivity contribution in [1.82, 2.24) is 9.13 Å². The van der Waals surface area contributed by atoms with Gasteiger partial charge in [0.2, 0.25) is 0 Å². The number of hydrogen-bond donors (Lipinski definition) is 0. The summed E-state index contributed by atoms with van der Waals surface area (Å²) in [4.78, 5) is 0. The standard InChI is InChI=1S/C78H52N2/c1-3-15-53(16-4-1)55-31-37-58(38-32-55)61-19-11-21-63(47-61)64-22-12-20-62(48-64)59-39-33-56(34-40-59)57-35-41-60(42-36-57)66-24-14-26-70(50-66)80-76-30-10-8-28-72(76)74-52-68(44-46-78(74)80)67-43-45-77-73(51-67)71-27-7-9-29-75(71)79(77)69-25-13-23-65(49-69)54-17-5-2-6-18-54/h1-52H. The van der Waals surface area contributed by atoms with Gasteiger partial charge in [0.15, 0.2) is 0 Å². The highest BCUT2D eigenvalue weighted by Gasteiger charge is 2.17. The van der Waals surface area contributed by atoms with Crippen molar-refractivity contribution in [2.75, 3.05) is 0 Å². The second-order valence-corrected chi connectivity index (χ2v) is 20.9. The highest BCUT2D eigenvalue weighted by Crippen LogP contribution is 2.40. The maximum Gasteiger partial charge on any atom is 0.0541 e. The fourth-order valence-electron chi connectivity index (χ4n) is 12.1. The first kappa shape index (κ1) is 46.7. The number of rotatable bonds is 10. The van der Waals surface area contributed by atoms with E-state index in [2.05, 4.69) is 325 Å². The van der Waals surface area contributed by atoms with Crippen LogP contribution in [0.1, 0.15) is 0 Å². The molecular formula is C78H52N2. The molecule has 13 aromatic carbocycles. The molecule has 15 aromatic rings. The smallest absolute Gasteiger partial charge is 0.0541 e. The van der Waals surface area contributed by atoms with E-state index in [0.29, 0.717) is 0 Å². The van der Waals surface area contributed by atoms with Gasteiger partial charge in [0.05, 0.1) is 22.1 Å². The van der Waals surface area contributed by atoms with Crippen molar-refractivity contribution in [1.29, 1.82) is 0 Å². The molecule has 2 nitrogen and oxygen atoms in total. The molecule has 80 heavy (non-hydrogen) atoms. The van der Waals surface area contributed by atoms with E-state index < -0.39 is 0 Å². The van der Waals surface area contributed by atoms with Crippen molar-refractivity contribution in [3.8, 4) is 100 Å². The van der Waals surface area contributed by atoms with E-state index in [-0.39, 0.29) is 0 Å². The monoisotopic (exact) mass is 1020 g/mol. The van der Waals surface area contributed by atoms with Gasteiger partial charge in [-0.15, -0.1) is 0 Å². The van der Waals surface area contributed by atoms with Gasteiger partial charge in [0.25, 0.3) is 0 Å². The molecule has 0 atom stereocenters. The Morgan fingerprint density at radius 3 is 0.762 bits per heavy atom. The fourth-order valence-corrected chi connectivity index (χ4v) is 12.1. The molecule has 0 fully saturated rings. The van der Waals surface area contributed by atoms with Gasteiger partial charge in [0.1, 0.15) is 0 Å². The fraction of sp³-hybridized carbons (Fsp3) is 0. The second kappa shape index (κ2) is 19.8. The van der Waals surface area contributed by atoms with Crippen LogP contribution in [-0.4, -0.2) is 9.13 Å². The highest BCUT2D eigenvalue weighted by molar-refractivity contribution is 6.13. The zero-order valence-corrected chi connectivity index (χ0v) is 43.9. The number of benzene rings is 13. The summed E-state index contributed by atoms with van der Waals surface area (Å²) < 4.78 is 4.83. The third-order valence-corrected chi connectivity index (χ3v) is 16.1. The van der Waals surface area contributed by atoms with Crippen molar-refractivity contribution in [3.63, 3.8) is 0 Å². The zero-order valence-electron chi connectivity index (χ0n) is 43.9. The molecule has 0 spiro atoms. The minimum absolute atomic E-state index is 1.14. The Bertz CT molecular complexity index is 4770. The van der Waals surface area contributed by atoms with Crippen LogP contribution in [0.3, 0.4) is 0 Å². The second-order valence-electron chi connectivity index (χ2n) is 20.9. The first-order valence-electron chi connectivity index (χ1n) is 27.5. The lowest BCUT2D eigenvalue weighted by Gasteiger charge is -2.12. The van der Waals surface area contributed by atoms with E-state index in [9.17, 15) is 0 Å². The molecule has 0 unspecified atom stereocenters. The molecule has 0 aliphatic carbocycles. The molecule has 2 heteroatoms. The number of para-hydroxylation sites is 2. The van der Waals surface area contributed by atoms with Crippen LogP contribution < -0.4 is 0 Å². The third kappa shape index (κ3) is 8.48. The normalized spacial score (nSPS) is 11.5. The molecule has 0 radical (unpaired) electrons. The minimum atomic E-state index is 1.14. The SMILES string of the molecule is c1ccc(-c2ccc(-c3cccc(-c4cccc(-c5ccc(-c6ccc(-c7cccc(-n8c9ccccc9c9cc(-c%10ccc%11c(c%10)c%10ccccc%10n%11-c%10cccc(-c%11ccccc%11)c%10)ccc98)c7)cc6)cc5)c4)c3)cc2)cc1. The predicted molar refractivity (Wildman–Crippen MR) is 339 cm³/mol. The summed E-state index contributed by atoms with van der Waals surface area (Å²) in [5, 5.41) is 4.96. The van der Waals surface area contributed by atoms with Crippen molar-refractivity contribution in [2.24, 2.45) is 0 Å². The van der Waals surface area contributed by atoms with Crippen LogP contribution in [0.2, 0.25) is 0 Å². The van der Waals surface area contributed by atoms with E-state index in [1.807, 2.05) is 0 Å². The van der Waals surface area contributed by atoms with E-state index >= 15 is 0 Å². The van der Waals surface area contributed by atoms with E-state index in [4.69, 9.17) is 0 Å².